The predicted octanol–water partition coefficient (Wildman–Crippen LogP) is 2.87. The van der Waals surface area contributed by atoms with Crippen LogP contribution in [0.25, 0.3) is 0 Å². The molecule has 1 aromatic carbocycles. The van der Waals surface area contributed by atoms with Gasteiger partial charge >= 0.3 is 0 Å². The summed E-state index contributed by atoms with van der Waals surface area (Å²) >= 11 is 4.57. The van der Waals surface area contributed by atoms with Gasteiger partial charge in [-0.25, -0.2) is 4.98 Å². The Morgan fingerprint density at radius 2 is 2.33 bits per heavy atom. The zero-order valence-electron chi connectivity index (χ0n) is 9.31. The van der Waals surface area contributed by atoms with Crippen molar-refractivity contribution in [3.05, 3.63) is 33.7 Å². The summed E-state index contributed by atoms with van der Waals surface area (Å²) in [7, 11) is 1.45. The van der Waals surface area contributed by atoms with Crippen LogP contribution in [0, 0.1) is 0 Å². The highest BCUT2D eigenvalue weighted by molar-refractivity contribution is 9.11. The Morgan fingerprint density at radius 3 is 2.89 bits per heavy atom. The van der Waals surface area contributed by atoms with Gasteiger partial charge < -0.3 is 9.84 Å². The molecule has 0 saturated carbocycles. The van der Waals surface area contributed by atoms with Crippen LogP contribution in [-0.4, -0.2) is 23.1 Å². The Balaban J connectivity index is 2.16. The molecule has 0 aliphatic carbocycles. The Kier molecular flexibility index (Phi) is 3.83. The lowest BCUT2D eigenvalue weighted by atomic mass is 10.2. The smallest absolute Gasteiger partial charge is 0.257 e. The first-order valence-corrected chi connectivity index (χ1v) is 6.51. The number of aromatic nitrogens is 1. The van der Waals surface area contributed by atoms with Crippen molar-refractivity contribution < 1.29 is 14.6 Å². The number of nitrogens with zero attached hydrogens (tertiary/aromatic N) is 1. The summed E-state index contributed by atoms with van der Waals surface area (Å²) in [6.07, 6.45) is 1.60. The molecule has 0 atom stereocenters. The maximum absolute atomic E-state index is 11.9. The quantitative estimate of drug-likeness (QED) is 0.908. The zero-order valence-corrected chi connectivity index (χ0v) is 11.7. The fourth-order valence-corrected chi connectivity index (χ4v) is 2.41. The molecular formula is C11H9BrN2O3S. The van der Waals surface area contributed by atoms with Crippen molar-refractivity contribution in [3.8, 4) is 11.5 Å². The fourth-order valence-electron chi connectivity index (χ4n) is 1.31. The highest BCUT2D eigenvalue weighted by atomic mass is 79.9. The number of amides is 1. The number of ether oxygens (including phenoxy) is 1. The van der Waals surface area contributed by atoms with E-state index in [1.165, 1.54) is 30.6 Å². The second-order valence-electron chi connectivity index (χ2n) is 3.31. The third-order valence-electron chi connectivity index (χ3n) is 2.14. The molecule has 18 heavy (non-hydrogen) atoms. The lowest BCUT2D eigenvalue weighted by Crippen LogP contribution is -2.11. The van der Waals surface area contributed by atoms with Crippen LogP contribution in [0.15, 0.2) is 28.2 Å². The van der Waals surface area contributed by atoms with E-state index in [1.54, 1.807) is 12.3 Å². The van der Waals surface area contributed by atoms with Gasteiger partial charge in [-0.3, -0.25) is 10.1 Å². The molecule has 2 aromatic rings. The summed E-state index contributed by atoms with van der Waals surface area (Å²) in [5.74, 6) is -0.0937. The van der Waals surface area contributed by atoms with Crippen LogP contribution in [0.2, 0.25) is 0 Å². The molecule has 7 heteroatoms. The molecule has 0 spiro atoms. The van der Waals surface area contributed by atoms with Crippen molar-refractivity contribution in [3.63, 3.8) is 0 Å². The van der Waals surface area contributed by atoms with Crippen LogP contribution in [0.5, 0.6) is 11.5 Å². The highest BCUT2D eigenvalue weighted by Gasteiger charge is 2.11. The van der Waals surface area contributed by atoms with Gasteiger partial charge in [-0.1, -0.05) is 11.3 Å². The lowest BCUT2D eigenvalue weighted by Gasteiger charge is -2.05. The fraction of sp³-hybridized carbons (Fsp3) is 0.0909. The van der Waals surface area contributed by atoms with Gasteiger partial charge in [-0.05, 0) is 34.1 Å². The van der Waals surface area contributed by atoms with Gasteiger partial charge in [-0.15, -0.1) is 0 Å². The van der Waals surface area contributed by atoms with Crippen LogP contribution < -0.4 is 10.1 Å². The minimum absolute atomic E-state index is 0.0783. The number of phenols is 1. The number of benzene rings is 1. The monoisotopic (exact) mass is 328 g/mol. The third kappa shape index (κ3) is 2.80. The number of aromatic hydroxyl groups is 1. The second-order valence-corrected chi connectivity index (χ2v) is 5.72. The minimum atomic E-state index is -0.338. The van der Waals surface area contributed by atoms with Crippen LogP contribution >= 0.6 is 27.3 Å². The molecular weight excluding hydrogens is 320 g/mol. The van der Waals surface area contributed by atoms with E-state index in [0.717, 1.165) is 3.79 Å². The molecule has 2 rings (SSSR count). The van der Waals surface area contributed by atoms with Crippen molar-refractivity contribution in [1.29, 1.82) is 0 Å². The van der Waals surface area contributed by atoms with Crippen molar-refractivity contribution in [1.82, 2.24) is 4.98 Å². The van der Waals surface area contributed by atoms with E-state index >= 15 is 0 Å². The summed E-state index contributed by atoms with van der Waals surface area (Å²) < 4.78 is 5.73. The van der Waals surface area contributed by atoms with Crippen molar-refractivity contribution >= 4 is 38.3 Å². The maximum atomic E-state index is 11.9. The number of hydrogen-bond acceptors (Lipinski definition) is 5. The molecule has 0 aliphatic heterocycles. The third-order valence-corrected chi connectivity index (χ3v) is 3.53. The molecule has 0 fully saturated rings. The molecule has 0 aliphatic rings. The molecule has 94 valence electrons. The van der Waals surface area contributed by atoms with E-state index < -0.39 is 0 Å². The molecule has 5 nitrogen and oxygen atoms in total. The van der Waals surface area contributed by atoms with Crippen LogP contribution in [0.3, 0.4) is 0 Å². The van der Waals surface area contributed by atoms with E-state index in [1.807, 2.05) is 0 Å². The number of nitrogens with one attached hydrogen (secondary N) is 1. The van der Waals surface area contributed by atoms with Gasteiger partial charge in [0.15, 0.2) is 16.6 Å². The summed E-state index contributed by atoms with van der Waals surface area (Å²) in [6, 6.07) is 4.44. The summed E-state index contributed by atoms with van der Waals surface area (Å²) in [4.78, 5) is 15.9. The van der Waals surface area contributed by atoms with Gasteiger partial charge in [0.1, 0.15) is 0 Å². The molecule has 0 saturated heterocycles. The predicted molar refractivity (Wildman–Crippen MR) is 72.4 cm³/mol. The van der Waals surface area contributed by atoms with Crippen molar-refractivity contribution in [2.45, 2.75) is 0 Å². The van der Waals surface area contributed by atoms with E-state index in [-0.39, 0.29) is 11.7 Å². The normalized spacial score (nSPS) is 10.1. The second kappa shape index (κ2) is 5.36. The number of phenolic OH excluding ortho intramolecular Hbond substituents is 1. The Hall–Kier alpha value is -1.60. The molecule has 2 N–H and O–H groups in total. The number of carbonyl (C=O) groups excluding carboxylic acids is 1. The topological polar surface area (TPSA) is 71.5 Å². The number of carbonyl (C=O) groups is 1. The molecule has 0 radical (unpaired) electrons. The van der Waals surface area contributed by atoms with Crippen LogP contribution in [-0.2, 0) is 0 Å². The van der Waals surface area contributed by atoms with Gasteiger partial charge in [0.2, 0.25) is 0 Å². The lowest BCUT2D eigenvalue weighted by molar-refractivity contribution is 0.102. The molecule has 1 heterocycles. The number of hydrogen-bond donors (Lipinski definition) is 2. The average molecular weight is 329 g/mol. The van der Waals surface area contributed by atoms with Gasteiger partial charge in [0.25, 0.3) is 5.91 Å². The largest absolute Gasteiger partial charge is 0.504 e. The SMILES string of the molecule is COc1ccc(C(=O)Nc2ncc(Br)s2)cc1O. The van der Waals surface area contributed by atoms with Crippen molar-refractivity contribution in [2.24, 2.45) is 0 Å². The highest BCUT2D eigenvalue weighted by Crippen LogP contribution is 2.27. The molecule has 0 unspecified atom stereocenters. The number of thiazole rings is 1. The van der Waals surface area contributed by atoms with E-state index in [4.69, 9.17) is 4.74 Å². The summed E-state index contributed by atoms with van der Waals surface area (Å²) in [6.45, 7) is 0. The Bertz CT molecular complexity index is 585. The molecule has 1 amide bonds. The number of rotatable bonds is 3. The zero-order chi connectivity index (χ0) is 13.1. The molecule has 1 aromatic heterocycles. The standard InChI is InChI=1S/C11H9BrN2O3S/c1-17-8-3-2-6(4-7(8)15)10(16)14-11-13-5-9(12)18-11/h2-5,15H,1H3,(H,13,14,16). The summed E-state index contributed by atoms with van der Waals surface area (Å²) in [5.41, 5.74) is 0.333. The van der Waals surface area contributed by atoms with Crippen LogP contribution in [0.1, 0.15) is 10.4 Å². The van der Waals surface area contributed by atoms with Gasteiger partial charge in [0.05, 0.1) is 17.1 Å². The Morgan fingerprint density at radius 1 is 1.56 bits per heavy atom. The number of anilines is 1. The minimum Gasteiger partial charge on any atom is -0.504 e. The van der Waals surface area contributed by atoms with E-state index in [9.17, 15) is 9.90 Å². The Labute approximate surface area is 116 Å². The van der Waals surface area contributed by atoms with Crippen molar-refractivity contribution in [2.75, 3.05) is 12.4 Å². The van der Waals surface area contributed by atoms with Gasteiger partial charge in [0, 0.05) is 5.56 Å². The first-order valence-electron chi connectivity index (χ1n) is 4.90. The number of halogens is 1. The average Bonchev–Trinajstić information content (AvgIpc) is 2.74. The molecule has 0 bridgehead atoms. The first kappa shape index (κ1) is 12.8. The van der Waals surface area contributed by atoms with E-state index in [0.29, 0.717) is 16.4 Å². The number of methoxy groups -OCH3 is 1. The van der Waals surface area contributed by atoms with Crippen LogP contribution in [0.4, 0.5) is 5.13 Å². The van der Waals surface area contributed by atoms with Gasteiger partial charge in [-0.2, -0.15) is 0 Å². The first-order chi connectivity index (χ1) is 8.60. The van der Waals surface area contributed by atoms with E-state index in [2.05, 4.69) is 26.2 Å². The maximum Gasteiger partial charge on any atom is 0.257 e. The summed E-state index contributed by atoms with van der Waals surface area (Å²) in [5, 5.41) is 12.7.